The number of ether oxygens (including phenoxy) is 1. The standard InChI is InChI=1S/C21H24N2O5S2/c1-16-5-7-19(17(2)14-16)30(26,27)23-11-9-22(10-12-23)20(24)15-28-21(25)8-6-18-4-3-13-29-18/h3-8,13-14H,9-12,15H2,1-2H3/b8-6+. The van der Waals surface area contributed by atoms with Crippen LogP contribution in [0, 0.1) is 13.8 Å². The molecule has 1 fully saturated rings. The van der Waals surface area contributed by atoms with Gasteiger partial charge in [-0.15, -0.1) is 11.3 Å². The van der Waals surface area contributed by atoms with Crippen molar-refractivity contribution in [1.82, 2.24) is 9.21 Å². The molecule has 0 aliphatic carbocycles. The first-order valence-corrected chi connectivity index (χ1v) is 11.8. The number of hydrogen-bond donors (Lipinski definition) is 0. The highest BCUT2D eigenvalue weighted by atomic mass is 32.2. The van der Waals surface area contributed by atoms with Crippen molar-refractivity contribution in [3.05, 3.63) is 57.8 Å². The van der Waals surface area contributed by atoms with Crippen molar-refractivity contribution in [2.75, 3.05) is 32.8 Å². The van der Waals surface area contributed by atoms with Crippen LogP contribution >= 0.6 is 11.3 Å². The lowest BCUT2D eigenvalue weighted by atomic mass is 10.2. The van der Waals surface area contributed by atoms with Crippen molar-refractivity contribution in [2.24, 2.45) is 0 Å². The van der Waals surface area contributed by atoms with E-state index in [1.807, 2.05) is 30.5 Å². The fraction of sp³-hybridized carbons (Fsp3) is 0.333. The Labute approximate surface area is 180 Å². The Balaban J connectivity index is 1.51. The number of esters is 1. The molecule has 3 rings (SSSR count). The van der Waals surface area contributed by atoms with Gasteiger partial charge < -0.3 is 9.64 Å². The van der Waals surface area contributed by atoms with Gasteiger partial charge in [0.25, 0.3) is 5.91 Å². The van der Waals surface area contributed by atoms with Crippen LogP contribution in [0.3, 0.4) is 0 Å². The second-order valence-electron chi connectivity index (χ2n) is 7.01. The number of carbonyl (C=O) groups is 2. The van der Waals surface area contributed by atoms with Crippen molar-refractivity contribution < 1.29 is 22.7 Å². The molecule has 0 bridgehead atoms. The van der Waals surface area contributed by atoms with E-state index >= 15 is 0 Å². The summed E-state index contributed by atoms with van der Waals surface area (Å²) in [4.78, 5) is 26.8. The van der Waals surface area contributed by atoms with Crippen LogP contribution < -0.4 is 0 Å². The first-order valence-electron chi connectivity index (χ1n) is 9.51. The van der Waals surface area contributed by atoms with Crippen LogP contribution in [0.1, 0.15) is 16.0 Å². The number of benzene rings is 1. The molecule has 0 saturated carbocycles. The molecule has 30 heavy (non-hydrogen) atoms. The van der Waals surface area contributed by atoms with Gasteiger partial charge in [-0.25, -0.2) is 13.2 Å². The second kappa shape index (κ2) is 9.55. The molecule has 1 aliphatic rings. The summed E-state index contributed by atoms with van der Waals surface area (Å²) in [6, 6.07) is 8.99. The highest BCUT2D eigenvalue weighted by molar-refractivity contribution is 7.89. The van der Waals surface area contributed by atoms with E-state index in [9.17, 15) is 18.0 Å². The third-order valence-electron chi connectivity index (χ3n) is 4.80. The van der Waals surface area contributed by atoms with E-state index in [4.69, 9.17) is 4.74 Å². The SMILES string of the molecule is Cc1ccc(S(=O)(=O)N2CCN(C(=O)COC(=O)/C=C/c3cccs3)CC2)c(C)c1. The van der Waals surface area contributed by atoms with Crippen molar-refractivity contribution in [2.45, 2.75) is 18.7 Å². The maximum atomic E-state index is 12.9. The smallest absolute Gasteiger partial charge is 0.331 e. The van der Waals surface area contributed by atoms with Gasteiger partial charge in [0.2, 0.25) is 10.0 Å². The maximum absolute atomic E-state index is 12.9. The summed E-state index contributed by atoms with van der Waals surface area (Å²) in [6.45, 7) is 4.25. The van der Waals surface area contributed by atoms with Crippen molar-refractivity contribution >= 4 is 39.3 Å². The molecule has 2 aromatic rings. The summed E-state index contributed by atoms with van der Waals surface area (Å²) >= 11 is 1.49. The molecule has 0 spiro atoms. The zero-order valence-electron chi connectivity index (χ0n) is 16.9. The second-order valence-corrected chi connectivity index (χ2v) is 9.90. The van der Waals surface area contributed by atoms with Crippen LogP contribution in [0.5, 0.6) is 0 Å². The lowest BCUT2D eigenvalue weighted by molar-refractivity contribution is -0.148. The number of hydrogen-bond acceptors (Lipinski definition) is 6. The first kappa shape index (κ1) is 22.2. The first-order chi connectivity index (χ1) is 14.3. The van der Waals surface area contributed by atoms with E-state index < -0.39 is 16.0 Å². The van der Waals surface area contributed by atoms with Crippen molar-refractivity contribution in [3.63, 3.8) is 0 Å². The van der Waals surface area contributed by atoms with Gasteiger partial charge >= 0.3 is 5.97 Å². The van der Waals surface area contributed by atoms with Gasteiger partial charge in [-0.1, -0.05) is 23.8 Å². The molecule has 160 valence electrons. The molecule has 1 aliphatic heterocycles. The van der Waals surface area contributed by atoms with E-state index in [0.29, 0.717) is 10.5 Å². The van der Waals surface area contributed by atoms with Gasteiger partial charge in [0.15, 0.2) is 6.61 Å². The van der Waals surface area contributed by atoms with Crippen LogP contribution in [0.4, 0.5) is 0 Å². The summed E-state index contributed by atoms with van der Waals surface area (Å²) in [5.41, 5.74) is 1.71. The zero-order valence-corrected chi connectivity index (χ0v) is 18.5. The predicted molar refractivity (Wildman–Crippen MR) is 116 cm³/mol. The molecule has 0 unspecified atom stereocenters. The minimum atomic E-state index is -3.61. The molecule has 9 heteroatoms. The average molecular weight is 449 g/mol. The van der Waals surface area contributed by atoms with E-state index in [1.54, 1.807) is 25.1 Å². The maximum Gasteiger partial charge on any atom is 0.331 e. The van der Waals surface area contributed by atoms with E-state index in [-0.39, 0.29) is 38.7 Å². The summed E-state index contributed by atoms with van der Waals surface area (Å²) in [6.07, 6.45) is 2.92. The lowest BCUT2D eigenvalue weighted by Crippen LogP contribution is -2.51. The highest BCUT2D eigenvalue weighted by Gasteiger charge is 2.31. The molecule has 1 aromatic heterocycles. The van der Waals surface area contributed by atoms with Gasteiger partial charge in [0, 0.05) is 37.1 Å². The number of thiophene rings is 1. The molecule has 0 N–H and O–H groups in total. The highest BCUT2D eigenvalue weighted by Crippen LogP contribution is 2.22. The Kier molecular flexibility index (Phi) is 7.06. The van der Waals surface area contributed by atoms with E-state index in [2.05, 4.69) is 0 Å². The van der Waals surface area contributed by atoms with Gasteiger partial charge in [0.1, 0.15) is 0 Å². The topological polar surface area (TPSA) is 84.0 Å². The number of carbonyl (C=O) groups excluding carboxylic acids is 2. The van der Waals surface area contributed by atoms with E-state index in [1.165, 1.54) is 26.6 Å². The van der Waals surface area contributed by atoms with Crippen molar-refractivity contribution in [3.8, 4) is 0 Å². The minimum absolute atomic E-state index is 0.202. The lowest BCUT2D eigenvalue weighted by Gasteiger charge is -2.34. The molecule has 2 heterocycles. The van der Waals surface area contributed by atoms with Crippen LogP contribution in [0.25, 0.3) is 6.08 Å². The summed E-state index contributed by atoms with van der Waals surface area (Å²) < 4.78 is 32.2. The third-order valence-corrected chi connectivity index (χ3v) is 7.70. The Bertz CT molecular complexity index is 1040. The number of amides is 1. The number of aryl methyl sites for hydroxylation is 2. The molecule has 1 saturated heterocycles. The van der Waals surface area contributed by atoms with Crippen molar-refractivity contribution in [1.29, 1.82) is 0 Å². The van der Waals surface area contributed by atoms with Crippen LogP contribution in [-0.2, 0) is 24.3 Å². The summed E-state index contributed by atoms with van der Waals surface area (Å²) in [7, 11) is -3.61. The number of rotatable bonds is 6. The summed E-state index contributed by atoms with van der Waals surface area (Å²) in [5, 5.41) is 1.90. The number of nitrogens with zero attached hydrogens (tertiary/aromatic N) is 2. The Morgan fingerprint density at radius 3 is 2.50 bits per heavy atom. The van der Waals surface area contributed by atoms with Crippen LogP contribution in [0.2, 0.25) is 0 Å². The molecule has 7 nitrogen and oxygen atoms in total. The monoisotopic (exact) mass is 448 g/mol. The third kappa shape index (κ3) is 5.35. The Hall–Kier alpha value is -2.49. The summed E-state index contributed by atoms with van der Waals surface area (Å²) in [5.74, 6) is -0.927. The molecular weight excluding hydrogens is 424 g/mol. The fourth-order valence-electron chi connectivity index (χ4n) is 3.21. The molecule has 0 atom stereocenters. The van der Waals surface area contributed by atoms with Gasteiger partial charge in [-0.2, -0.15) is 4.31 Å². The normalized spacial score (nSPS) is 15.5. The largest absolute Gasteiger partial charge is 0.452 e. The zero-order chi connectivity index (χ0) is 21.7. The van der Waals surface area contributed by atoms with Gasteiger partial charge in [-0.05, 0) is 43.0 Å². The van der Waals surface area contributed by atoms with Gasteiger partial charge in [-0.3, -0.25) is 4.79 Å². The predicted octanol–water partition coefficient (Wildman–Crippen LogP) is 2.45. The average Bonchev–Trinajstić information content (AvgIpc) is 3.24. The van der Waals surface area contributed by atoms with E-state index in [0.717, 1.165) is 10.4 Å². The van der Waals surface area contributed by atoms with Crippen LogP contribution in [0.15, 0.2) is 46.7 Å². The molecular formula is C21H24N2O5S2. The molecule has 1 aromatic carbocycles. The van der Waals surface area contributed by atoms with Crippen LogP contribution in [-0.4, -0.2) is 62.3 Å². The molecule has 1 amide bonds. The Morgan fingerprint density at radius 1 is 1.13 bits per heavy atom. The number of sulfonamides is 1. The molecule has 0 radical (unpaired) electrons. The quantitative estimate of drug-likeness (QED) is 0.501. The number of piperazine rings is 1. The Morgan fingerprint density at radius 2 is 1.87 bits per heavy atom. The fourth-order valence-corrected chi connectivity index (χ4v) is 5.46. The minimum Gasteiger partial charge on any atom is -0.452 e. The van der Waals surface area contributed by atoms with Gasteiger partial charge in [0.05, 0.1) is 4.90 Å².